The van der Waals surface area contributed by atoms with Crippen molar-refractivity contribution in [2.24, 2.45) is 10.9 Å². The Labute approximate surface area is 162 Å². The first-order chi connectivity index (χ1) is 13.1. The zero-order chi connectivity index (χ0) is 19.5. The quantitative estimate of drug-likeness (QED) is 0.476. The molecule has 1 aromatic carbocycles. The van der Waals surface area contributed by atoms with Crippen molar-refractivity contribution in [3.8, 4) is 0 Å². The summed E-state index contributed by atoms with van der Waals surface area (Å²) >= 11 is 0. The Kier molecular flexibility index (Phi) is 9.07. The molecule has 150 valence electrons. The predicted octanol–water partition coefficient (Wildman–Crippen LogP) is 1.67. The highest BCUT2D eigenvalue weighted by atomic mass is 16.5. The van der Waals surface area contributed by atoms with Gasteiger partial charge in [-0.3, -0.25) is 14.7 Å². The Morgan fingerprint density at radius 1 is 1.30 bits per heavy atom. The highest BCUT2D eigenvalue weighted by Gasteiger charge is 2.11. The second kappa shape index (κ2) is 11.6. The number of ether oxygens (including phenoxy) is 1. The average molecular weight is 376 g/mol. The number of hydrogen-bond acceptors (Lipinski definition) is 4. The van der Waals surface area contributed by atoms with Gasteiger partial charge in [0.1, 0.15) is 0 Å². The molecule has 1 heterocycles. The smallest absolute Gasteiger partial charge is 0.227 e. The molecule has 1 amide bonds. The summed E-state index contributed by atoms with van der Waals surface area (Å²) in [4.78, 5) is 18.7. The van der Waals surface area contributed by atoms with Crippen LogP contribution in [0.25, 0.3) is 0 Å². The largest absolute Gasteiger partial charge is 0.379 e. The van der Waals surface area contributed by atoms with Crippen LogP contribution < -0.4 is 16.0 Å². The van der Waals surface area contributed by atoms with E-state index in [4.69, 9.17) is 4.74 Å². The van der Waals surface area contributed by atoms with Crippen LogP contribution in [0, 0.1) is 5.92 Å². The van der Waals surface area contributed by atoms with Crippen LogP contribution in [0.3, 0.4) is 0 Å². The lowest BCUT2D eigenvalue weighted by Gasteiger charge is -2.26. The topological polar surface area (TPSA) is 78.0 Å². The van der Waals surface area contributed by atoms with Gasteiger partial charge < -0.3 is 20.7 Å². The standard InChI is InChI=1S/C20H33N5O2/c1-4-16(2)19(26)24-18-7-5-6-17(14-18)15-23-20(21-3)22-8-9-25-10-12-27-13-11-25/h5-7,14,16H,4,8-13,15H2,1-3H3,(H,24,26)(H2,21,22,23). The normalized spacial score (nSPS) is 16.6. The van der Waals surface area contributed by atoms with E-state index in [0.29, 0.717) is 6.54 Å². The van der Waals surface area contributed by atoms with E-state index in [-0.39, 0.29) is 11.8 Å². The molecule has 1 atom stereocenters. The summed E-state index contributed by atoms with van der Waals surface area (Å²) in [5, 5.41) is 9.64. The molecule has 3 N–H and O–H groups in total. The summed E-state index contributed by atoms with van der Waals surface area (Å²) < 4.78 is 5.36. The van der Waals surface area contributed by atoms with Crippen molar-refractivity contribution in [1.29, 1.82) is 0 Å². The van der Waals surface area contributed by atoms with Crippen LogP contribution in [0.5, 0.6) is 0 Å². The third-order valence-electron chi connectivity index (χ3n) is 4.76. The first kappa shape index (κ1) is 21.2. The fourth-order valence-electron chi connectivity index (χ4n) is 2.77. The van der Waals surface area contributed by atoms with Gasteiger partial charge in [-0.25, -0.2) is 0 Å². The number of morpholine rings is 1. The molecule has 0 radical (unpaired) electrons. The Bertz CT molecular complexity index is 614. The SMILES string of the molecule is CCC(C)C(=O)Nc1cccc(CNC(=NC)NCCN2CCOCC2)c1. The molecular formula is C20H33N5O2. The fourth-order valence-corrected chi connectivity index (χ4v) is 2.77. The van der Waals surface area contributed by atoms with Gasteiger partial charge in [0.15, 0.2) is 5.96 Å². The van der Waals surface area contributed by atoms with Crippen LogP contribution in [0.15, 0.2) is 29.3 Å². The first-order valence-electron chi connectivity index (χ1n) is 9.76. The molecule has 0 spiro atoms. The zero-order valence-corrected chi connectivity index (χ0v) is 16.8. The van der Waals surface area contributed by atoms with Crippen molar-refractivity contribution < 1.29 is 9.53 Å². The average Bonchev–Trinajstić information content (AvgIpc) is 2.71. The Hall–Kier alpha value is -2.12. The minimum Gasteiger partial charge on any atom is -0.379 e. The fraction of sp³-hybridized carbons (Fsp3) is 0.600. The van der Waals surface area contributed by atoms with E-state index in [0.717, 1.165) is 63.0 Å². The molecule has 0 bridgehead atoms. The molecule has 7 nitrogen and oxygen atoms in total. The number of carbonyl (C=O) groups excluding carboxylic acids is 1. The third kappa shape index (κ3) is 7.56. The molecule has 0 aromatic heterocycles. The van der Waals surface area contributed by atoms with Crippen molar-refractivity contribution in [2.45, 2.75) is 26.8 Å². The number of hydrogen-bond donors (Lipinski definition) is 3. The molecule has 1 aliphatic rings. The number of rotatable bonds is 8. The Morgan fingerprint density at radius 2 is 2.07 bits per heavy atom. The Morgan fingerprint density at radius 3 is 2.78 bits per heavy atom. The molecule has 0 aliphatic carbocycles. The van der Waals surface area contributed by atoms with Crippen LogP contribution in [0.4, 0.5) is 5.69 Å². The van der Waals surface area contributed by atoms with Gasteiger partial charge in [-0.1, -0.05) is 26.0 Å². The van der Waals surface area contributed by atoms with E-state index in [9.17, 15) is 4.79 Å². The van der Waals surface area contributed by atoms with E-state index in [1.54, 1.807) is 7.05 Å². The Balaban J connectivity index is 1.76. The van der Waals surface area contributed by atoms with Crippen LogP contribution in [0.1, 0.15) is 25.8 Å². The third-order valence-corrected chi connectivity index (χ3v) is 4.76. The van der Waals surface area contributed by atoms with Gasteiger partial charge in [-0.15, -0.1) is 0 Å². The van der Waals surface area contributed by atoms with E-state index in [1.807, 2.05) is 38.1 Å². The number of amides is 1. The zero-order valence-electron chi connectivity index (χ0n) is 16.8. The number of benzene rings is 1. The van der Waals surface area contributed by atoms with Crippen molar-refractivity contribution in [3.63, 3.8) is 0 Å². The molecule has 1 fully saturated rings. The van der Waals surface area contributed by atoms with Crippen LogP contribution in [-0.4, -0.2) is 63.2 Å². The molecule has 7 heteroatoms. The van der Waals surface area contributed by atoms with Crippen molar-refractivity contribution >= 4 is 17.6 Å². The summed E-state index contributed by atoms with van der Waals surface area (Å²) in [6, 6.07) is 7.90. The van der Waals surface area contributed by atoms with Crippen molar-refractivity contribution in [3.05, 3.63) is 29.8 Å². The molecule has 1 unspecified atom stereocenters. The lowest BCUT2D eigenvalue weighted by molar-refractivity contribution is -0.119. The molecule has 0 saturated carbocycles. The number of carbonyl (C=O) groups is 1. The molecular weight excluding hydrogens is 342 g/mol. The maximum absolute atomic E-state index is 12.0. The van der Waals surface area contributed by atoms with Gasteiger partial charge in [0.25, 0.3) is 0 Å². The van der Waals surface area contributed by atoms with Crippen LogP contribution in [0.2, 0.25) is 0 Å². The second-order valence-corrected chi connectivity index (χ2v) is 6.81. The number of guanidine groups is 1. The minimum absolute atomic E-state index is 0.0151. The predicted molar refractivity (Wildman–Crippen MR) is 110 cm³/mol. The van der Waals surface area contributed by atoms with E-state index in [1.165, 1.54) is 0 Å². The molecule has 1 aliphatic heterocycles. The van der Waals surface area contributed by atoms with Crippen LogP contribution in [-0.2, 0) is 16.1 Å². The number of aliphatic imine (C=N–C) groups is 1. The summed E-state index contributed by atoms with van der Waals surface area (Å²) in [6.45, 7) is 10.0. The highest BCUT2D eigenvalue weighted by molar-refractivity contribution is 5.92. The lowest BCUT2D eigenvalue weighted by atomic mass is 10.1. The molecule has 27 heavy (non-hydrogen) atoms. The van der Waals surface area contributed by atoms with Crippen molar-refractivity contribution in [1.82, 2.24) is 15.5 Å². The minimum atomic E-state index is 0.0151. The summed E-state index contributed by atoms with van der Waals surface area (Å²) in [5.41, 5.74) is 1.92. The van der Waals surface area contributed by atoms with Gasteiger partial charge in [-0.05, 0) is 24.1 Å². The molecule has 1 aromatic rings. The molecule has 1 saturated heterocycles. The first-order valence-corrected chi connectivity index (χ1v) is 9.76. The maximum atomic E-state index is 12.0. The van der Waals surface area contributed by atoms with Crippen molar-refractivity contribution in [2.75, 3.05) is 51.8 Å². The number of nitrogens with zero attached hydrogens (tertiary/aromatic N) is 2. The van der Waals surface area contributed by atoms with Crippen LogP contribution >= 0.6 is 0 Å². The lowest BCUT2D eigenvalue weighted by Crippen LogP contribution is -2.44. The van der Waals surface area contributed by atoms with Gasteiger partial charge >= 0.3 is 0 Å². The maximum Gasteiger partial charge on any atom is 0.227 e. The highest BCUT2D eigenvalue weighted by Crippen LogP contribution is 2.13. The summed E-state index contributed by atoms with van der Waals surface area (Å²) in [6.07, 6.45) is 0.833. The van der Waals surface area contributed by atoms with Gasteiger partial charge in [0.05, 0.1) is 13.2 Å². The van der Waals surface area contributed by atoms with Gasteiger partial charge in [-0.2, -0.15) is 0 Å². The van der Waals surface area contributed by atoms with E-state index in [2.05, 4.69) is 25.8 Å². The van der Waals surface area contributed by atoms with Gasteiger partial charge in [0, 0.05) is 51.4 Å². The van der Waals surface area contributed by atoms with E-state index >= 15 is 0 Å². The summed E-state index contributed by atoms with van der Waals surface area (Å²) in [7, 11) is 1.77. The second-order valence-electron chi connectivity index (χ2n) is 6.81. The monoisotopic (exact) mass is 375 g/mol. The van der Waals surface area contributed by atoms with Gasteiger partial charge in [0.2, 0.25) is 5.91 Å². The number of anilines is 1. The molecule has 2 rings (SSSR count). The summed E-state index contributed by atoms with van der Waals surface area (Å²) in [5.74, 6) is 0.849. The van der Waals surface area contributed by atoms with E-state index < -0.39 is 0 Å². The number of nitrogens with one attached hydrogen (secondary N) is 3.